The molecule has 0 unspecified atom stereocenters. The van der Waals surface area contributed by atoms with E-state index in [-0.39, 0.29) is 10.6 Å². The van der Waals surface area contributed by atoms with Crippen molar-refractivity contribution < 1.29 is 8.42 Å². The third-order valence-corrected chi connectivity index (χ3v) is 4.58. The predicted molar refractivity (Wildman–Crippen MR) is 87.0 cm³/mol. The monoisotopic (exact) mass is 365 g/mol. The zero-order valence-electron chi connectivity index (χ0n) is 10.4. The fourth-order valence-electron chi connectivity index (χ4n) is 1.60. The second-order valence-electron chi connectivity index (χ2n) is 4.17. The molecule has 0 amide bonds. The number of halogens is 3. The van der Waals surface area contributed by atoms with E-state index in [2.05, 4.69) is 5.32 Å². The average molecular weight is 367 g/mol. The number of hydrogen-bond donors (Lipinski definition) is 3. The summed E-state index contributed by atoms with van der Waals surface area (Å²) in [6.45, 7) is 0. The van der Waals surface area contributed by atoms with Gasteiger partial charge in [0.15, 0.2) is 0 Å². The molecule has 0 fully saturated rings. The Hall–Kier alpha value is -1.18. The van der Waals surface area contributed by atoms with Crippen molar-refractivity contribution in [1.82, 2.24) is 0 Å². The van der Waals surface area contributed by atoms with Crippen molar-refractivity contribution in [3.63, 3.8) is 0 Å². The van der Waals surface area contributed by atoms with E-state index in [0.29, 0.717) is 26.4 Å². The van der Waals surface area contributed by atoms with Gasteiger partial charge in [0.2, 0.25) is 10.0 Å². The second-order valence-corrected chi connectivity index (χ2v) is 6.95. The van der Waals surface area contributed by atoms with E-state index in [1.807, 2.05) is 0 Å². The SMILES string of the molecule is Nc1cc(S(N)(=O)=O)ccc1Nc1cc(Cl)c(Cl)cc1Cl. The Labute approximate surface area is 136 Å². The normalized spacial score (nSPS) is 11.4. The molecule has 21 heavy (non-hydrogen) atoms. The van der Waals surface area contributed by atoms with Gasteiger partial charge in [0, 0.05) is 0 Å². The highest BCUT2D eigenvalue weighted by atomic mass is 35.5. The van der Waals surface area contributed by atoms with Gasteiger partial charge in [0.25, 0.3) is 0 Å². The Morgan fingerprint density at radius 2 is 1.52 bits per heavy atom. The molecule has 0 saturated carbocycles. The summed E-state index contributed by atoms with van der Waals surface area (Å²) in [6.07, 6.45) is 0. The van der Waals surface area contributed by atoms with E-state index in [4.69, 9.17) is 45.7 Å². The summed E-state index contributed by atoms with van der Waals surface area (Å²) in [5.41, 5.74) is 6.95. The van der Waals surface area contributed by atoms with Gasteiger partial charge >= 0.3 is 0 Å². The highest BCUT2D eigenvalue weighted by Crippen LogP contribution is 2.35. The fraction of sp³-hybridized carbons (Fsp3) is 0. The van der Waals surface area contributed by atoms with Gasteiger partial charge in [0.1, 0.15) is 0 Å². The molecule has 5 N–H and O–H groups in total. The standard InChI is InChI=1S/C12H10Cl3N3O2S/c13-7-4-9(15)12(5-8(7)14)18-11-2-1-6(3-10(11)16)21(17,19)20/h1-5,18H,16H2,(H2,17,19,20). The number of nitrogens with one attached hydrogen (secondary N) is 1. The van der Waals surface area contributed by atoms with Gasteiger partial charge in [-0.25, -0.2) is 13.6 Å². The van der Waals surface area contributed by atoms with Crippen LogP contribution in [-0.4, -0.2) is 8.42 Å². The maximum atomic E-state index is 11.2. The molecule has 9 heteroatoms. The first-order chi connectivity index (χ1) is 9.68. The van der Waals surface area contributed by atoms with E-state index < -0.39 is 10.0 Å². The van der Waals surface area contributed by atoms with Gasteiger partial charge in [-0.15, -0.1) is 0 Å². The summed E-state index contributed by atoms with van der Waals surface area (Å²) < 4.78 is 22.5. The average Bonchev–Trinajstić information content (AvgIpc) is 2.36. The summed E-state index contributed by atoms with van der Waals surface area (Å²) in [4.78, 5) is -0.0780. The third kappa shape index (κ3) is 3.72. The topological polar surface area (TPSA) is 98.2 Å². The van der Waals surface area contributed by atoms with Crippen LogP contribution in [0.25, 0.3) is 0 Å². The summed E-state index contributed by atoms with van der Waals surface area (Å²) in [7, 11) is -3.81. The summed E-state index contributed by atoms with van der Waals surface area (Å²) in [6, 6.07) is 7.10. The molecule has 2 aromatic carbocycles. The molecule has 0 spiro atoms. The molecule has 0 radical (unpaired) electrons. The first-order valence-corrected chi connectivity index (χ1v) is 8.20. The van der Waals surface area contributed by atoms with Crippen LogP contribution < -0.4 is 16.2 Å². The van der Waals surface area contributed by atoms with Crippen LogP contribution in [0.1, 0.15) is 0 Å². The Morgan fingerprint density at radius 1 is 0.905 bits per heavy atom. The van der Waals surface area contributed by atoms with Crippen molar-refractivity contribution in [2.24, 2.45) is 5.14 Å². The molecular formula is C12H10Cl3N3O2S. The van der Waals surface area contributed by atoms with Crippen LogP contribution in [0.2, 0.25) is 15.1 Å². The molecule has 0 aliphatic heterocycles. The second kappa shape index (κ2) is 5.90. The molecule has 0 atom stereocenters. The summed E-state index contributed by atoms with van der Waals surface area (Å²) >= 11 is 17.8. The van der Waals surface area contributed by atoms with Crippen LogP contribution in [0, 0.1) is 0 Å². The van der Waals surface area contributed by atoms with E-state index in [0.717, 1.165) is 0 Å². The van der Waals surface area contributed by atoms with Crippen LogP contribution in [0.5, 0.6) is 0 Å². The molecular weight excluding hydrogens is 357 g/mol. The predicted octanol–water partition coefficient (Wildman–Crippen LogP) is 3.62. The van der Waals surface area contributed by atoms with Crippen LogP contribution in [0.15, 0.2) is 35.2 Å². The van der Waals surface area contributed by atoms with Gasteiger partial charge < -0.3 is 11.1 Å². The highest BCUT2D eigenvalue weighted by molar-refractivity contribution is 7.89. The maximum absolute atomic E-state index is 11.2. The molecule has 2 aromatic rings. The van der Waals surface area contributed by atoms with Crippen molar-refractivity contribution in [2.45, 2.75) is 4.90 Å². The van der Waals surface area contributed by atoms with Gasteiger partial charge in [0.05, 0.1) is 37.0 Å². The lowest BCUT2D eigenvalue weighted by atomic mass is 10.2. The first kappa shape index (κ1) is 16.2. The number of nitrogens with two attached hydrogens (primary N) is 2. The van der Waals surface area contributed by atoms with Crippen molar-refractivity contribution in [2.75, 3.05) is 11.1 Å². The molecule has 0 heterocycles. The van der Waals surface area contributed by atoms with Gasteiger partial charge in [-0.2, -0.15) is 0 Å². The van der Waals surface area contributed by atoms with Crippen LogP contribution >= 0.6 is 34.8 Å². The van der Waals surface area contributed by atoms with E-state index in [1.165, 1.54) is 24.3 Å². The zero-order chi connectivity index (χ0) is 15.8. The minimum absolute atomic E-state index is 0.0780. The van der Waals surface area contributed by atoms with Gasteiger partial charge in [-0.05, 0) is 30.3 Å². The minimum Gasteiger partial charge on any atom is -0.397 e. The molecule has 0 aliphatic carbocycles. The van der Waals surface area contributed by atoms with Gasteiger partial charge in [-0.3, -0.25) is 0 Å². The van der Waals surface area contributed by atoms with Crippen molar-refractivity contribution in [3.8, 4) is 0 Å². The lowest BCUT2D eigenvalue weighted by Crippen LogP contribution is -2.12. The van der Waals surface area contributed by atoms with Crippen LogP contribution in [0.4, 0.5) is 17.1 Å². The van der Waals surface area contributed by atoms with E-state index in [9.17, 15) is 8.42 Å². The lowest BCUT2D eigenvalue weighted by molar-refractivity contribution is 0.598. The number of anilines is 3. The smallest absolute Gasteiger partial charge is 0.238 e. The Balaban J connectivity index is 2.39. The zero-order valence-corrected chi connectivity index (χ0v) is 13.5. The molecule has 0 bridgehead atoms. The number of benzene rings is 2. The molecule has 2 rings (SSSR count). The van der Waals surface area contributed by atoms with Crippen LogP contribution in [0.3, 0.4) is 0 Å². The van der Waals surface area contributed by atoms with E-state index >= 15 is 0 Å². The number of primary sulfonamides is 1. The van der Waals surface area contributed by atoms with Crippen molar-refractivity contribution in [3.05, 3.63) is 45.4 Å². The van der Waals surface area contributed by atoms with Crippen molar-refractivity contribution >= 4 is 61.9 Å². The Kier molecular flexibility index (Phi) is 4.55. The maximum Gasteiger partial charge on any atom is 0.238 e. The largest absolute Gasteiger partial charge is 0.397 e. The number of sulfonamides is 1. The highest BCUT2D eigenvalue weighted by Gasteiger charge is 2.12. The number of hydrogen-bond acceptors (Lipinski definition) is 4. The third-order valence-electron chi connectivity index (χ3n) is 2.63. The molecule has 0 aliphatic rings. The van der Waals surface area contributed by atoms with E-state index in [1.54, 1.807) is 6.07 Å². The molecule has 5 nitrogen and oxygen atoms in total. The Morgan fingerprint density at radius 3 is 2.10 bits per heavy atom. The summed E-state index contributed by atoms with van der Waals surface area (Å²) in [5.74, 6) is 0. The lowest BCUT2D eigenvalue weighted by Gasteiger charge is -2.12. The summed E-state index contributed by atoms with van der Waals surface area (Å²) in [5, 5.41) is 8.98. The Bertz CT molecular complexity index is 810. The molecule has 0 aromatic heterocycles. The number of rotatable bonds is 3. The van der Waals surface area contributed by atoms with Crippen LogP contribution in [-0.2, 0) is 10.0 Å². The molecule has 112 valence electrons. The van der Waals surface area contributed by atoms with Gasteiger partial charge in [-0.1, -0.05) is 34.8 Å². The quantitative estimate of drug-likeness (QED) is 0.570. The first-order valence-electron chi connectivity index (χ1n) is 5.52. The minimum atomic E-state index is -3.81. The molecule has 0 saturated heterocycles. The fourth-order valence-corrected chi connectivity index (χ4v) is 2.74. The van der Waals surface area contributed by atoms with Crippen molar-refractivity contribution in [1.29, 1.82) is 0 Å². The number of nitrogen functional groups attached to an aromatic ring is 1.